The van der Waals surface area contributed by atoms with E-state index < -0.39 is 6.03 Å². The van der Waals surface area contributed by atoms with Gasteiger partial charge in [-0.25, -0.2) is 14.3 Å². The van der Waals surface area contributed by atoms with Crippen LogP contribution in [-0.4, -0.2) is 51.8 Å². The van der Waals surface area contributed by atoms with Crippen molar-refractivity contribution >= 4 is 51.9 Å². The number of halogens is 2. The topological polar surface area (TPSA) is 110 Å². The van der Waals surface area contributed by atoms with E-state index in [1.165, 1.54) is 6.33 Å². The summed E-state index contributed by atoms with van der Waals surface area (Å²) in [5, 5.41) is 10.9. The molecule has 1 fully saturated rings. The normalized spacial score (nSPS) is 14.2. The number of nitrogens with one attached hydrogen (secondary N) is 2. The van der Waals surface area contributed by atoms with Crippen LogP contribution in [0.1, 0.15) is 5.69 Å². The summed E-state index contributed by atoms with van der Waals surface area (Å²) >= 11 is 12.5. The number of hydrogen-bond acceptors (Lipinski definition) is 6. The van der Waals surface area contributed by atoms with Gasteiger partial charge in [0, 0.05) is 35.9 Å². The number of aromatic nitrogens is 3. The molecule has 1 saturated heterocycles. The number of benzene rings is 2. The zero-order chi connectivity index (χ0) is 24.4. The fourth-order valence-electron chi connectivity index (χ4n) is 4.09. The van der Waals surface area contributed by atoms with Gasteiger partial charge in [-0.15, -0.1) is 0 Å². The molecule has 0 spiro atoms. The lowest BCUT2D eigenvalue weighted by Gasteiger charge is -2.26. The second kappa shape index (κ2) is 10.1. The monoisotopic (exact) mass is 511 g/mol. The van der Waals surface area contributed by atoms with Crippen LogP contribution in [0.15, 0.2) is 54.9 Å². The van der Waals surface area contributed by atoms with Gasteiger partial charge in [0.05, 0.1) is 29.6 Å². The van der Waals surface area contributed by atoms with Crippen molar-refractivity contribution in [3.05, 3.63) is 70.6 Å². The Kier molecular flexibility index (Phi) is 6.74. The van der Waals surface area contributed by atoms with Crippen LogP contribution in [-0.2, 0) is 11.3 Å². The van der Waals surface area contributed by atoms with Crippen molar-refractivity contribution in [2.24, 2.45) is 0 Å². The number of nitrogens with zero attached hydrogens (tertiary/aromatic N) is 4. The number of fused-ring (bicyclic) bond motifs is 1. The molecule has 3 heterocycles. The Bertz CT molecular complexity index is 1390. The molecule has 4 N–H and O–H groups in total. The van der Waals surface area contributed by atoms with Crippen LogP contribution >= 0.6 is 23.2 Å². The molecule has 0 unspecified atom stereocenters. The number of carbonyl (C=O) groups excluding carboxylic acids is 1. The lowest BCUT2D eigenvalue weighted by molar-refractivity contribution is 0.0334. The molecular formula is C24H23Cl2N7O2. The Labute approximate surface area is 211 Å². The van der Waals surface area contributed by atoms with Crippen LogP contribution in [0.2, 0.25) is 10.0 Å². The second-order valence-corrected chi connectivity index (χ2v) is 8.97. The predicted octanol–water partition coefficient (Wildman–Crippen LogP) is 4.76. The maximum atomic E-state index is 12.4. The van der Waals surface area contributed by atoms with Gasteiger partial charge < -0.3 is 21.1 Å². The minimum absolute atomic E-state index is 0.377. The lowest BCUT2D eigenvalue weighted by Crippen LogP contribution is -2.36. The minimum atomic E-state index is -0.429. The summed E-state index contributed by atoms with van der Waals surface area (Å²) in [4.78, 5) is 18.9. The number of morpholine rings is 1. The van der Waals surface area contributed by atoms with Crippen molar-refractivity contribution in [1.29, 1.82) is 0 Å². The van der Waals surface area contributed by atoms with Crippen LogP contribution in [0, 0.1) is 0 Å². The predicted molar refractivity (Wildman–Crippen MR) is 138 cm³/mol. The van der Waals surface area contributed by atoms with Gasteiger partial charge in [0.1, 0.15) is 11.8 Å². The second-order valence-electron chi connectivity index (χ2n) is 8.13. The van der Waals surface area contributed by atoms with E-state index in [1.54, 1.807) is 36.4 Å². The Hall–Kier alpha value is -3.37. The van der Waals surface area contributed by atoms with Crippen molar-refractivity contribution in [2.45, 2.75) is 6.54 Å². The molecule has 11 heteroatoms. The number of urea groups is 1. The van der Waals surface area contributed by atoms with Gasteiger partial charge in [-0.2, -0.15) is 5.10 Å². The molecule has 0 atom stereocenters. The van der Waals surface area contributed by atoms with Gasteiger partial charge in [-0.3, -0.25) is 4.90 Å². The largest absolute Gasteiger partial charge is 0.382 e. The molecule has 0 aliphatic carbocycles. The van der Waals surface area contributed by atoms with Gasteiger partial charge in [0.15, 0.2) is 5.82 Å². The van der Waals surface area contributed by atoms with Crippen LogP contribution in [0.4, 0.5) is 22.0 Å². The number of amides is 2. The standard InChI is InChI=1S/C24H23Cl2N7O2/c25-16-2-1-3-17(11-16)30-24(34)31-21-5-4-15(10-20(21)26)19-12-18(13-32-6-8-35-9-7-32)33-22(19)23(27)28-14-29-33/h1-5,10-12,14H,6-9,13H2,(H2,27,28,29)(H2,30,31,34). The van der Waals surface area contributed by atoms with Crippen molar-refractivity contribution in [3.8, 4) is 11.1 Å². The number of ether oxygens (including phenoxy) is 1. The van der Waals surface area contributed by atoms with Gasteiger partial charge in [0.2, 0.25) is 0 Å². The Morgan fingerprint density at radius 2 is 1.91 bits per heavy atom. The van der Waals surface area contributed by atoms with Crippen molar-refractivity contribution < 1.29 is 9.53 Å². The fourth-order valence-corrected chi connectivity index (χ4v) is 4.51. The molecule has 1 aliphatic heterocycles. The number of hydrogen-bond donors (Lipinski definition) is 3. The summed E-state index contributed by atoms with van der Waals surface area (Å²) in [6.07, 6.45) is 1.45. The number of nitrogens with two attached hydrogens (primary N) is 1. The van der Waals surface area contributed by atoms with Crippen molar-refractivity contribution in [1.82, 2.24) is 19.5 Å². The summed E-state index contributed by atoms with van der Waals surface area (Å²) in [5.74, 6) is 0.377. The molecule has 35 heavy (non-hydrogen) atoms. The van der Waals surface area contributed by atoms with E-state index >= 15 is 0 Å². The highest BCUT2D eigenvalue weighted by molar-refractivity contribution is 6.34. The van der Waals surface area contributed by atoms with E-state index in [-0.39, 0.29) is 0 Å². The first kappa shape index (κ1) is 23.4. The summed E-state index contributed by atoms with van der Waals surface area (Å²) in [7, 11) is 0. The van der Waals surface area contributed by atoms with Crippen LogP contribution < -0.4 is 16.4 Å². The van der Waals surface area contributed by atoms with Crippen LogP contribution in [0.3, 0.4) is 0 Å². The van der Waals surface area contributed by atoms with Crippen molar-refractivity contribution in [3.63, 3.8) is 0 Å². The molecule has 4 aromatic rings. The number of rotatable bonds is 5. The zero-order valence-corrected chi connectivity index (χ0v) is 20.2. The molecule has 9 nitrogen and oxygen atoms in total. The van der Waals surface area contributed by atoms with Gasteiger partial charge >= 0.3 is 6.03 Å². The SMILES string of the molecule is Nc1ncnn2c(CN3CCOCC3)cc(-c3ccc(NC(=O)Nc4cccc(Cl)c4)c(Cl)c3)c12. The first-order chi connectivity index (χ1) is 17.0. The number of anilines is 3. The van der Waals surface area contributed by atoms with Crippen molar-refractivity contribution in [2.75, 3.05) is 42.7 Å². The summed E-state index contributed by atoms with van der Waals surface area (Å²) in [6, 6.07) is 13.9. The average Bonchev–Trinajstić information content (AvgIpc) is 3.20. The van der Waals surface area contributed by atoms with E-state index in [2.05, 4.69) is 31.7 Å². The first-order valence-electron chi connectivity index (χ1n) is 11.0. The highest BCUT2D eigenvalue weighted by Crippen LogP contribution is 2.34. The maximum Gasteiger partial charge on any atom is 0.323 e. The third-order valence-electron chi connectivity index (χ3n) is 5.76. The zero-order valence-electron chi connectivity index (χ0n) is 18.7. The quantitative estimate of drug-likeness (QED) is 0.356. The van der Waals surface area contributed by atoms with Crippen LogP contribution in [0.25, 0.3) is 16.6 Å². The smallest absolute Gasteiger partial charge is 0.323 e. The molecule has 2 aromatic heterocycles. The third-order valence-corrected chi connectivity index (χ3v) is 6.30. The molecular weight excluding hydrogens is 489 g/mol. The molecule has 180 valence electrons. The Morgan fingerprint density at radius 1 is 1.09 bits per heavy atom. The average molecular weight is 512 g/mol. The molecule has 0 bridgehead atoms. The Balaban J connectivity index is 1.41. The fraction of sp³-hybridized carbons (Fsp3) is 0.208. The Morgan fingerprint density at radius 3 is 2.69 bits per heavy atom. The third kappa shape index (κ3) is 5.18. The minimum Gasteiger partial charge on any atom is -0.382 e. The summed E-state index contributed by atoms with van der Waals surface area (Å²) < 4.78 is 7.28. The van der Waals surface area contributed by atoms with E-state index in [0.29, 0.717) is 52.5 Å². The molecule has 0 saturated carbocycles. The molecule has 0 radical (unpaired) electrons. The van der Waals surface area contributed by atoms with E-state index in [0.717, 1.165) is 29.9 Å². The summed E-state index contributed by atoms with van der Waals surface area (Å²) in [6.45, 7) is 3.83. The molecule has 2 aromatic carbocycles. The van der Waals surface area contributed by atoms with E-state index in [4.69, 9.17) is 33.7 Å². The first-order valence-corrected chi connectivity index (χ1v) is 11.8. The van der Waals surface area contributed by atoms with Gasteiger partial charge in [0.25, 0.3) is 0 Å². The van der Waals surface area contributed by atoms with E-state index in [1.807, 2.05) is 10.6 Å². The van der Waals surface area contributed by atoms with Crippen LogP contribution in [0.5, 0.6) is 0 Å². The maximum absolute atomic E-state index is 12.4. The number of nitrogen functional groups attached to an aromatic ring is 1. The van der Waals surface area contributed by atoms with E-state index in [9.17, 15) is 4.79 Å². The number of carbonyl (C=O) groups is 1. The molecule has 1 aliphatic rings. The van der Waals surface area contributed by atoms with Gasteiger partial charge in [-0.05, 0) is 42.0 Å². The summed E-state index contributed by atoms with van der Waals surface area (Å²) in [5.41, 5.74) is 10.7. The lowest BCUT2D eigenvalue weighted by atomic mass is 10.1. The highest BCUT2D eigenvalue weighted by Gasteiger charge is 2.19. The van der Waals surface area contributed by atoms with Gasteiger partial charge in [-0.1, -0.05) is 35.3 Å². The highest BCUT2D eigenvalue weighted by atomic mass is 35.5. The molecule has 2 amide bonds. The molecule has 5 rings (SSSR count).